The van der Waals surface area contributed by atoms with Gasteiger partial charge in [-0.3, -0.25) is 9.36 Å². The van der Waals surface area contributed by atoms with E-state index in [2.05, 4.69) is 4.98 Å². The number of aromatic nitrogens is 2. The maximum absolute atomic E-state index is 13.2. The number of imidazole rings is 1. The van der Waals surface area contributed by atoms with E-state index in [1.165, 1.54) is 12.8 Å². The molecule has 0 radical (unpaired) electrons. The van der Waals surface area contributed by atoms with Crippen molar-refractivity contribution in [2.75, 3.05) is 6.54 Å². The minimum atomic E-state index is -0.379. The molecule has 6 nitrogen and oxygen atoms in total. The highest BCUT2D eigenvalue weighted by atomic mass is 35.5. The van der Waals surface area contributed by atoms with Crippen LogP contribution in [0.15, 0.2) is 24.5 Å². The third-order valence-corrected chi connectivity index (χ3v) is 6.68. The van der Waals surface area contributed by atoms with E-state index in [0.29, 0.717) is 28.5 Å². The van der Waals surface area contributed by atoms with Crippen molar-refractivity contribution in [2.24, 2.45) is 0 Å². The molecule has 1 aromatic heterocycles. The average Bonchev–Trinajstić information content (AvgIpc) is 3.26. The predicted octanol–water partition coefficient (Wildman–Crippen LogP) is 4.70. The number of esters is 1. The van der Waals surface area contributed by atoms with Gasteiger partial charge >= 0.3 is 5.97 Å². The van der Waals surface area contributed by atoms with E-state index in [-0.39, 0.29) is 24.0 Å². The van der Waals surface area contributed by atoms with Crippen molar-refractivity contribution in [2.45, 2.75) is 63.5 Å². The first kappa shape index (κ1) is 18.7. The van der Waals surface area contributed by atoms with Gasteiger partial charge in [0.25, 0.3) is 5.91 Å². The quantitative estimate of drug-likeness (QED) is 0.529. The molecule has 1 aromatic carbocycles. The summed E-state index contributed by atoms with van der Waals surface area (Å²) in [6, 6.07) is 5.21. The number of ether oxygens (including phenoxy) is 1. The summed E-state index contributed by atoms with van der Waals surface area (Å²) in [5.74, 6) is -0.463. The molecule has 1 saturated carbocycles. The minimum Gasteiger partial charge on any atom is -0.458 e. The van der Waals surface area contributed by atoms with Crippen LogP contribution in [-0.2, 0) is 4.74 Å². The molecule has 152 valence electrons. The van der Waals surface area contributed by atoms with Crippen LogP contribution in [0.1, 0.15) is 83.9 Å². The van der Waals surface area contributed by atoms with Crippen LogP contribution < -0.4 is 0 Å². The Bertz CT molecular complexity index is 962. The predicted molar refractivity (Wildman–Crippen MR) is 108 cm³/mol. The second-order valence-corrected chi connectivity index (χ2v) is 8.57. The number of nitrogens with zero attached hydrogens (tertiary/aromatic N) is 3. The molecule has 0 spiro atoms. The number of halogens is 1. The summed E-state index contributed by atoms with van der Waals surface area (Å²) in [5.41, 5.74) is 2.22. The fraction of sp³-hybridized carbons (Fsp3) is 0.500. The number of rotatable bonds is 2. The monoisotopic (exact) mass is 413 g/mol. The lowest BCUT2D eigenvalue weighted by atomic mass is 10.1. The maximum atomic E-state index is 13.2. The fourth-order valence-electron chi connectivity index (χ4n) is 4.96. The Kier molecular flexibility index (Phi) is 4.82. The van der Waals surface area contributed by atoms with Crippen LogP contribution in [0, 0.1) is 0 Å². The van der Waals surface area contributed by atoms with E-state index in [4.69, 9.17) is 16.3 Å². The zero-order valence-electron chi connectivity index (χ0n) is 16.3. The number of hydrogen-bond donors (Lipinski definition) is 0. The van der Waals surface area contributed by atoms with Crippen molar-refractivity contribution >= 4 is 23.5 Å². The Balaban J connectivity index is 1.57. The van der Waals surface area contributed by atoms with Gasteiger partial charge in [-0.1, -0.05) is 30.5 Å². The van der Waals surface area contributed by atoms with Crippen LogP contribution in [0.4, 0.5) is 0 Å². The Morgan fingerprint density at radius 2 is 1.90 bits per heavy atom. The SMILES string of the molecule is O=C(OC1CCCCCC1)c1ncn2c1[C@@H]1CCCN1C(=O)c1c(Cl)cccc1-2. The van der Waals surface area contributed by atoms with Gasteiger partial charge in [0.05, 0.1) is 28.0 Å². The molecule has 3 aliphatic rings. The summed E-state index contributed by atoms with van der Waals surface area (Å²) >= 11 is 6.41. The van der Waals surface area contributed by atoms with Crippen LogP contribution in [-0.4, -0.2) is 39.0 Å². The second-order valence-electron chi connectivity index (χ2n) is 8.16. The van der Waals surface area contributed by atoms with Crippen molar-refractivity contribution in [3.05, 3.63) is 46.5 Å². The van der Waals surface area contributed by atoms with Crippen molar-refractivity contribution < 1.29 is 14.3 Å². The lowest BCUT2D eigenvalue weighted by Crippen LogP contribution is -2.30. The van der Waals surface area contributed by atoms with Gasteiger partial charge < -0.3 is 9.64 Å². The van der Waals surface area contributed by atoms with Crippen LogP contribution in [0.3, 0.4) is 0 Å². The molecule has 2 fully saturated rings. The third-order valence-electron chi connectivity index (χ3n) is 6.37. The Morgan fingerprint density at radius 1 is 1.10 bits per heavy atom. The van der Waals surface area contributed by atoms with Gasteiger partial charge in [-0.15, -0.1) is 0 Å². The van der Waals surface area contributed by atoms with Gasteiger partial charge in [0, 0.05) is 6.54 Å². The summed E-state index contributed by atoms with van der Waals surface area (Å²) in [4.78, 5) is 32.6. The van der Waals surface area contributed by atoms with Crippen molar-refractivity contribution in [1.82, 2.24) is 14.5 Å². The van der Waals surface area contributed by atoms with Crippen LogP contribution in [0.5, 0.6) is 0 Å². The number of fused-ring (bicyclic) bond motifs is 5. The Hall–Kier alpha value is -2.34. The Labute approximate surface area is 174 Å². The molecular weight excluding hydrogens is 390 g/mol. The van der Waals surface area contributed by atoms with Gasteiger partial charge in [-0.25, -0.2) is 9.78 Å². The van der Waals surface area contributed by atoms with E-state index in [9.17, 15) is 9.59 Å². The molecule has 3 heterocycles. The number of amides is 1. The molecule has 1 atom stereocenters. The number of carbonyl (C=O) groups is 2. The molecule has 0 N–H and O–H groups in total. The molecule has 5 rings (SSSR count). The lowest BCUT2D eigenvalue weighted by Gasteiger charge is -2.23. The summed E-state index contributed by atoms with van der Waals surface area (Å²) < 4.78 is 7.73. The second kappa shape index (κ2) is 7.48. The topological polar surface area (TPSA) is 64.4 Å². The molecule has 2 aromatic rings. The van der Waals surface area contributed by atoms with E-state index in [0.717, 1.165) is 44.2 Å². The zero-order valence-corrected chi connectivity index (χ0v) is 17.0. The smallest absolute Gasteiger partial charge is 0.359 e. The molecule has 7 heteroatoms. The van der Waals surface area contributed by atoms with Crippen LogP contribution >= 0.6 is 11.6 Å². The first-order valence-electron chi connectivity index (χ1n) is 10.5. The van der Waals surface area contributed by atoms with Gasteiger partial charge in [-0.2, -0.15) is 0 Å². The number of carbonyl (C=O) groups excluding carboxylic acids is 2. The summed E-state index contributed by atoms with van der Waals surface area (Å²) in [6.45, 7) is 0.649. The minimum absolute atomic E-state index is 0.0452. The van der Waals surface area contributed by atoms with Crippen molar-refractivity contribution in [3.63, 3.8) is 0 Å². The molecule has 0 bridgehead atoms. The zero-order chi connectivity index (χ0) is 20.0. The average molecular weight is 414 g/mol. The fourth-order valence-corrected chi connectivity index (χ4v) is 5.21. The van der Waals surface area contributed by atoms with Gasteiger partial charge in [0.2, 0.25) is 0 Å². The third kappa shape index (κ3) is 3.14. The van der Waals surface area contributed by atoms with Gasteiger partial charge in [-0.05, 0) is 50.7 Å². The Morgan fingerprint density at radius 3 is 2.69 bits per heavy atom. The van der Waals surface area contributed by atoms with Gasteiger partial charge in [0.15, 0.2) is 5.69 Å². The molecule has 1 aliphatic carbocycles. The molecule has 1 saturated heterocycles. The van der Waals surface area contributed by atoms with Crippen molar-refractivity contribution in [3.8, 4) is 5.69 Å². The summed E-state index contributed by atoms with van der Waals surface area (Å²) in [5, 5.41) is 0.419. The lowest BCUT2D eigenvalue weighted by molar-refractivity contribution is 0.0256. The van der Waals surface area contributed by atoms with Crippen LogP contribution in [0.25, 0.3) is 5.69 Å². The maximum Gasteiger partial charge on any atom is 0.359 e. The number of benzene rings is 1. The highest BCUT2D eigenvalue weighted by Gasteiger charge is 2.41. The largest absolute Gasteiger partial charge is 0.458 e. The standard InChI is InChI=1S/C22H24ClN3O3/c23-15-9-5-10-16-18(15)21(27)25-12-6-11-17(25)20-19(24-13-26(16)20)22(28)29-14-7-3-1-2-4-8-14/h5,9-10,13-14,17H,1-4,6-8,11-12H2/t17-/m0/s1. The molecule has 2 aliphatic heterocycles. The first-order valence-corrected chi connectivity index (χ1v) is 10.9. The highest BCUT2D eigenvalue weighted by Crippen LogP contribution is 2.41. The van der Waals surface area contributed by atoms with E-state index < -0.39 is 0 Å². The number of hydrogen-bond acceptors (Lipinski definition) is 4. The molecule has 1 amide bonds. The summed E-state index contributed by atoms with van der Waals surface area (Å²) in [7, 11) is 0. The summed E-state index contributed by atoms with van der Waals surface area (Å²) in [6.07, 6.45) is 9.68. The first-order chi connectivity index (χ1) is 14.1. The van der Waals surface area contributed by atoms with E-state index in [1.54, 1.807) is 12.4 Å². The highest BCUT2D eigenvalue weighted by molar-refractivity contribution is 6.34. The van der Waals surface area contributed by atoms with E-state index in [1.807, 2.05) is 21.6 Å². The van der Waals surface area contributed by atoms with E-state index >= 15 is 0 Å². The molecule has 0 unspecified atom stereocenters. The van der Waals surface area contributed by atoms with Crippen molar-refractivity contribution in [1.29, 1.82) is 0 Å². The normalized spacial score (nSPS) is 21.8. The van der Waals surface area contributed by atoms with Gasteiger partial charge in [0.1, 0.15) is 12.4 Å². The molecule has 29 heavy (non-hydrogen) atoms. The van der Waals surface area contributed by atoms with Crippen LogP contribution in [0.2, 0.25) is 5.02 Å². The molecular formula is C22H24ClN3O3.